The summed E-state index contributed by atoms with van der Waals surface area (Å²) in [5.74, 6) is -0.378. The van der Waals surface area contributed by atoms with E-state index in [1.165, 1.54) is 18.2 Å². The number of hydrogen-bond donors (Lipinski definition) is 1. The Kier molecular flexibility index (Phi) is 4.16. The van der Waals surface area contributed by atoms with Crippen LogP contribution >= 0.6 is 0 Å². The number of aromatic nitrogens is 1. The number of rotatable bonds is 4. The fourth-order valence-corrected chi connectivity index (χ4v) is 2.50. The van der Waals surface area contributed by atoms with Crippen LogP contribution in [0.25, 0.3) is 0 Å². The molecule has 1 aliphatic heterocycles. The van der Waals surface area contributed by atoms with Gasteiger partial charge in [-0.3, -0.25) is 4.79 Å². The van der Waals surface area contributed by atoms with Crippen molar-refractivity contribution in [1.29, 1.82) is 5.26 Å². The Bertz CT molecular complexity index is 823. The van der Waals surface area contributed by atoms with E-state index in [0.29, 0.717) is 25.2 Å². The van der Waals surface area contributed by atoms with E-state index in [-0.39, 0.29) is 23.6 Å². The van der Waals surface area contributed by atoms with E-state index in [9.17, 15) is 9.59 Å². The smallest absolute Gasteiger partial charge is 0.328 e. The molecular weight excluding hydrogens is 310 g/mol. The lowest BCUT2D eigenvalue weighted by molar-refractivity contribution is 0.0958. The highest BCUT2D eigenvalue weighted by atomic mass is 16.4. The Morgan fingerprint density at radius 3 is 2.96 bits per heavy atom. The van der Waals surface area contributed by atoms with E-state index >= 15 is 0 Å². The third kappa shape index (κ3) is 2.79. The molecule has 24 heavy (non-hydrogen) atoms. The molecule has 0 aliphatic carbocycles. The molecule has 1 saturated heterocycles. The molecule has 0 unspecified atom stereocenters. The first-order valence-electron chi connectivity index (χ1n) is 7.36. The number of amides is 3. The van der Waals surface area contributed by atoms with Crippen molar-refractivity contribution in [2.75, 3.05) is 25.0 Å². The number of hydrogen-bond acceptors (Lipinski definition) is 5. The molecule has 0 atom stereocenters. The highest BCUT2D eigenvalue weighted by Crippen LogP contribution is 2.22. The Balaban J connectivity index is 1.74. The molecule has 3 rings (SSSR count). The van der Waals surface area contributed by atoms with E-state index < -0.39 is 0 Å². The van der Waals surface area contributed by atoms with Gasteiger partial charge in [0.25, 0.3) is 5.91 Å². The lowest BCUT2D eigenvalue weighted by Gasteiger charge is -2.17. The van der Waals surface area contributed by atoms with Gasteiger partial charge in [0, 0.05) is 26.7 Å². The van der Waals surface area contributed by atoms with Crippen molar-refractivity contribution in [2.45, 2.75) is 6.54 Å². The average Bonchev–Trinajstić information content (AvgIpc) is 3.22. The number of carbonyl (C=O) groups is 2. The van der Waals surface area contributed by atoms with Crippen LogP contribution in [-0.2, 0) is 6.54 Å². The molecule has 0 saturated carbocycles. The number of oxazole rings is 1. The second-order valence-corrected chi connectivity index (χ2v) is 5.22. The van der Waals surface area contributed by atoms with Gasteiger partial charge in [-0.15, -0.1) is 0 Å². The summed E-state index contributed by atoms with van der Waals surface area (Å²) in [7, 11) is 1.49. The number of nitrogens with one attached hydrogen (secondary N) is 1. The largest absolute Gasteiger partial charge is 0.431 e. The third-order valence-electron chi connectivity index (χ3n) is 3.78. The van der Waals surface area contributed by atoms with Gasteiger partial charge in [0.15, 0.2) is 5.69 Å². The number of carbonyl (C=O) groups excluding carboxylic acids is 2. The van der Waals surface area contributed by atoms with Crippen LogP contribution in [0.5, 0.6) is 0 Å². The number of nitrogens with zero attached hydrogens (tertiary/aromatic N) is 4. The normalized spacial score (nSPS) is 13.9. The van der Waals surface area contributed by atoms with Crippen molar-refractivity contribution in [3.05, 3.63) is 47.3 Å². The number of benzene rings is 1. The zero-order valence-corrected chi connectivity index (χ0v) is 13.0. The minimum Gasteiger partial charge on any atom is -0.431 e. The summed E-state index contributed by atoms with van der Waals surface area (Å²) in [5, 5.41) is 11.6. The van der Waals surface area contributed by atoms with Crippen LogP contribution < -0.4 is 10.2 Å². The van der Waals surface area contributed by atoms with Crippen molar-refractivity contribution in [2.24, 2.45) is 0 Å². The molecule has 0 bridgehead atoms. The minimum absolute atomic E-state index is 0.0923. The molecule has 1 N–H and O–H groups in total. The Hall–Kier alpha value is -3.34. The van der Waals surface area contributed by atoms with E-state index in [4.69, 9.17) is 9.68 Å². The van der Waals surface area contributed by atoms with Crippen molar-refractivity contribution in [3.63, 3.8) is 0 Å². The molecule has 1 aliphatic rings. The topological polar surface area (TPSA) is 102 Å². The van der Waals surface area contributed by atoms with Crippen molar-refractivity contribution < 1.29 is 14.0 Å². The Morgan fingerprint density at radius 1 is 1.42 bits per heavy atom. The highest BCUT2D eigenvalue weighted by molar-refractivity contribution is 5.94. The molecule has 1 aromatic heterocycles. The monoisotopic (exact) mass is 325 g/mol. The van der Waals surface area contributed by atoms with E-state index in [1.807, 2.05) is 12.1 Å². The van der Waals surface area contributed by atoms with E-state index in [0.717, 1.165) is 5.56 Å². The zero-order valence-electron chi connectivity index (χ0n) is 13.0. The molecular formula is C16H15N5O3. The molecule has 1 aromatic carbocycles. The maximum Gasteiger partial charge on any atom is 0.328 e. The van der Waals surface area contributed by atoms with Crippen LogP contribution in [-0.4, -0.2) is 42.0 Å². The fourth-order valence-electron chi connectivity index (χ4n) is 2.50. The SMILES string of the molecule is CNC(=O)c1coc(N2CCN(Cc3ccccc3C#N)C2=O)n1. The van der Waals surface area contributed by atoms with Gasteiger partial charge in [-0.1, -0.05) is 18.2 Å². The number of nitriles is 1. The van der Waals surface area contributed by atoms with Crippen LogP contribution in [0.2, 0.25) is 0 Å². The van der Waals surface area contributed by atoms with Gasteiger partial charge < -0.3 is 14.6 Å². The molecule has 3 amide bonds. The minimum atomic E-state index is -0.378. The summed E-state index contributed by atoms with van der Waals surface area (Å²) >= 11 is 0. The molecule has 122 valence electrons. The molecule has 8 nitrogen and oxygen atoms in total. The van der Waals surface area contributed by atoms with Gasteiger partial charge in [-0.2, -0.15) is 10.2 Å². The number of anilines is 1. The summed E-state index contributed by atoms with van der Waals surface area (Å²) < 4.78 is 5.24. The van der Waals surface area contributed by atoms with Crippen molar-refractivity contribution in [3.8, 4) is 6.07 Å². The van der Waals surface area contributed by atoms with Gasteiger partial charge in [0.05, 0.1) is 11.6 Å². The summed E-state index contributed by atoms with van der Waals surface area (Å²) in [6.45, 7) is 1.22. The standard InChI is InChI=1S/C16H15N5O3/c1-18-14(22)13-10-24-15(19-13)21-7-6-20(16(21)23)9-12-5-3-2-4-11(12)8-17/h2-5,10H,6-7,9H2,1H3,(H,18,22). The maximum absolute atomic E-state index is 12.5. The lowest BCUT2D eigenvalue weighted by atomic mass is 10.1. The van der Waals surface area contributed by atoms with E-state index in [2.05, 4.69) is 16.4 Å². The van der Waals surface area contributed by atoms with Crippen LogP contribution in [0, 0.1) is 11.3 Å². The second kappa shape index (κ2) is 6.42. The van der Waals surface area contributed by atoms with Gasteiger partial charge in [0.1, 0.15) is 6.26 Å². The predicted octanol–water partition coefficient (Wildman–Crippen LogP) is 1.35. The summed E-state index contributed by atoms with van der Waals surface area (Å²) in [5.41, 5.74) is 1.45. The van der Waals surface area contributed by atoms with Crippen LogP contribution in [0.15, 0.2) is 34.9 Å². The maximum atomic E-state index is 12.5. The van der Waals surface area contributed by atoms with Gasteiger partial charge in [-0.05, 0) is 11.6 Å². The van der Waals surface area contributed by atoms with Crippen LogP contribution in [0.4, 0.5) is 10.8 Å². The molecule has 0 spiro atoms. The molecule has 2 aromatic rings. The lowest BCUT2D eigenvalue weighted by Crippen LogP contribution is -2.32. The predicted molar refractivity (Wildman–Crippen MR) is 84.2 cm³/mol. The zero-order chi connectivity index (χ0) is 17.1. The van der Waals surface area contributed by atoms with Crippen molar-refractivity contribution in [1.82, 2.24) is 15.2 Å². The van der Waals surface area contributed by atoms with Crippen molar-refractivity contribution >= 4 is 18.0 Å². The van der Waals surface area contributed by atoms with Gasteiger partial charge in [-0.25, -0.2) is 9.69 Å². The van der Waals surface area contributed by atoms with E-state index in [1.54, 1.807) is 17.0 Å². The second-order valence-electron chi connectivity index (χ2n) is 5.22. The fraction of sp³-hybridized carbons (Fsp3) is 0.250. The quantitative estimate of drug-likeness (QED) is 0.914. The Labute approximate surface area is 138 Å². The molecule has 8 heteroatoms. The van der Waals surface area contributed by atoms with Crippen LogP contribution in [0.1, 0.15) is 21.6 Å². The van der Waals surface area contributed by atoms with Crippen LogP contribution in [0.3, 0.4) is 0 Å². The average molecular weight is 325 g/mol. The van der Waals surface area contributed by atoms with Gasteiger partial charge in [0.2, 0.25) is 0 Å². The summed E-state index contributed by atoms with van der Waals surface area (Å²) in [6, 6.07) is 9.10. The first-order valence-corrected chi connectivity index (χ1v) is 7.36. The van der Waals surface area contributed by atoms with Gasteiger partial charge >= 0.3 is 12.0 Å². The summed E-state index contributed by atoms with van der Waals surface area (Å²) in [4.78, 5) is 31.1. The number of urea groups is 1. The third-order valence-corrected chi connectivity index (χ3v) is 3.78. The molecule has 0 radical (unpaired) electrons. The highest BCUT2D eigenvalue weighted by Gasteiger charge is 2.33. The summed E-state index contributed by atoms with van der Waals surface area (Å²) in [6.07, 6.45) is 1.22. The Morgan fingerprint density at radius 2 is 2.21 bits per heavy atom. The first kappa shape index (κ1) is 15.6. The first-order chi connectivity index (χ1) is 11.6. The molecule has 2 heterocycles. The molecule has 1 fully saturated rings.